The number of hydrogen-bond acceptors (Lipinski definition) is 4. The van der Waals surface area contributed by atoms with Crippen molar-refractivity contribution in [2.24, 2.45) is 0 Å². The van der Waals surface area contributed by atoms with Gasteiger partial charge in [0.15, 0.2) is 0 Å². The molecular weight excluding hydrogens is 365 g/mol. The standard InChI is InChI=1S/C18H19F3N2O4/c1-4-22(5-2)15(24)10-23-9-13(16(25)18(19,20)21)12-7-6-11(8-14(12)23)17(26)27-3/h6-9H,4-5,10H2,1-3H3. The zero-order chi connectivity index (χ0) is 20.4. The highest BCUT2D eigenvalue weighted by Crippen LogP contribution is 2.29. The SMILES string of the molecule is CCN(CC)C(=O)Cn1cc(C(=O)C(F)(F)F)c2ccc(C(=O)OC)cc21. The predicted molar refractivity (Wildman–Crippen MR) is 91.6 cm³/mol. The molecule has 0 N–H and O–H groups in total. The highest BCUT2D eigenvalue weighted by atomic mass is 19.4. The van der Waals surface area contributed by atoms with Gasteiger partial charge in [0.2, 0.25) is 5.91 Å². The third kappa shape index (κ3) is 4.12. The van der Waals surface area contributed by atoms with Gasteiger partial charge >= 0.3 is 12.1 Å². The molecule has 6 nitrogen and oxygen atoms in total. The Hall–Kier alpha value is -2.84. The minimum atomic E-state index is -5.05. The van der Waals surface area contributed by atoms with Crippen LogP contribution in [0.3, 0.4) is 0 Å². The minimum Gasteiger partial charge on any atom is -0.465 e. The Morgan fingerprint density at radius 3 is 2.30 bits per heavy atom. The van der Waals surface area contributed by atoms with E-state index in [4.69, 9.17) is 0 Å². The molecule has 0 aliphatic heterocycles. The monoisotopic (exact) mass is 384 g/mol. The van der Waals surface area contributed by atoms with Gasteiger partial charge < -0.3 is 14.2 Å². The molecule has 0 atom stereocenters. The summed E-state index contributed by atoms with van der Waals surface area (Å²) >= 11 is 0. The van der Waals surface area contributed by atoms with Gasteiger partial charge in [-0.15, -0.1) is 0 Å². The summed E-state index contributed by atoms with van der Waals surface area (Å²) < 4.78 is 44.6. The molecule has 0 unspecified atom stereocenters. The van der Waals surface area contributed by atoms with E-state index in [9.17, 15) is 27.6 Å². The van der Waals surface area contributed by atoms with Gasteiger partial charge in [-0.2, -0.15) is 13.2 Å². The van der Waals surface area contributed by atoms with E-state index >= 15 is 0 Å². The number of nitrogens with zero attached hydrogens (tertiary/aromatic N) is 2. The number of methoxy groups -OCH3 is 1. The van der Waals surface area contributed by atoms with Crippen molar-refractivity contribution in [2.75, 3.05) is 20.2 Å². The summed E-state index contributed by atoms with van der Waals surface area (Å²) in [7, 11) is 1.17. The number of fused-ring (bicyclic) bond motifs is 1. The van der Waals surface area contributed by atoms with Crippen LogP contribution in [0.15, 0.2) is 24.4 Å². The lowest BCUT2D eigenvalue weighted by atomic mass is 10.1. The van der Waals surface area contributed by atoms with E-state index < -0.39 is 23.5 Å². The Morgan fingerprint density at radius 2 is 1.78 bits per heavy atom. The van der Waals surface area contributed by atoms with E-state index in [0.717, 1.165) is 6.20 Å². The number of esters is 1. The summed E-state index contributed by atoms with van der Waals surface area (Å²) in [5.41, 5.74) is -0.294. The molecule has 2 rings (SSSR count). The van der Waals surface area contributed by atoms with Crippen LogP contribution in [0.1, 0.15) is 34.6 Å². The number of carbonyl (C=O) groups excluding carboxylic acids is 3. The maximum atomic E-state index is 12.9. The first kappa shape index (κ1) is 20.5. The fraction of sp³-hybridized carbons (Fsp3) is 0.389. The van der Waals surface area contributed by atoms with Crippen LogP contribution in [-0.4, -0.2) is 53.5 Å². The average Bonchev–Trinajstić information content (AvgIpc) is 2.98. The molecule has 1 amide bonds. The molecule has 0 fully saturated rings. The number of rotatable bonds is 6. The molecule has 0 spiro atoms. The number of aromatic nitrogens is 1. The van der Waals surface area contributed by atoms with E-state index in [1.165, 1.54) is 34.8 Å². The number of ether oxygens (including phenoxy) is 1. The third-order valence-electron chi connectivity index (χ3n) is 4.23. The first-order chi connectivity index (χ1) is 12.6. The smallest absolute Gasteiger partial charge is 0.454 e. The molecule has 0 aliphatic carbocycles. The zero-order valence-corrected chi connectivity index (χ0v) is 15.1. The maximum absolute atomic E-state index is 12.9. The fourth-order valence-corrected chi connectivity index (χ4v) is 2.82. The quantitative estimate of drug-likeness (QED) is 0.567. The number of likely N-dealkylation sites (N-methyl/N-ethyl adjacent to an activating group) is 1. The lowest BCUT2D eigenvalue weighted by Crippen LogP contribution is -2.33. The second-order valence-corrected chi connectivity index (χ2v) is 5.79. The summed E-state index contributed by atoms with van der Waals surface area (Å²) in [5.74, 6) is -3.00. The fourth-order valence-electron chi connectivity index (χ4n) is 2.82. The molecular formula is C18H19F3N2O4. The van der Waals surface area contributed by atoms with Gasteiger partial charge in [0.05, 0.1) is 23.8 Å². The lowest BCUT2D eigenvalue weighted by molar-refractivity contribution is -0.131. The molecule has 0 saturated carbocycles. The van der Waals surface area contributed by atoms with E-state index in [2.05, 4.69) is 4.74 Å². The Labute approximate surface area is 153 Å². The Morgan fingerprint density at radius 1 is 1.15 bits per heavy atom. The number of benzene rings is 1. The van der Waals surface area contributed by atoms with E-state index in [1.807, 2.05) is 0 Å². The molecule has 27 heavy (non-hydrogen) atoms. The molecule has 1 aromatic carbocycles. The summed E-state index contributed by atoms with van der Waals surface area (Å²) in [4.78, 5) is 37.4. The van der Waals surface area contributed by atoms with Crippen LogP contribution in [0.4, 0.5) is 13.2 Å². The number of alkyl halides is 3. The molecule has 0 bridgehead atoms. The molecule has 1 heterocycles. The van der Waals surface area contributed by atoms with Gasteiger partial charge in [-0.3, -0.25) is 9.59 Å². The maximum Gasteiger partial charge on any atom is 0.454 e. The van der Waals surface area contributed by atoms with Crippen LogP contribution in [0.5, 0.6) is 0 Å². The van der Waals surface area contributed by atoms with Crippen LogP contribution in [0.25, 0.3) is 10.9 Å². The number of amides is 1. The van der Waals surface area contributed by atoms with Crippen molar-refractivity contribution in [1.29, 1.82) is 0 Å². The summed E-state index contributed by atoms with van der Waals surface area (Å²) in [6, 6.07) is 3.83. The number of carbonyl (C=O) groups is 3. The number of hydrogen-bond donors (Lipinski definition) is 0. The first-order valence-corrected chi connectivity index (χ1v) is 8.24. The summed E-state index contributed by atoms with van der Waals surface area (Å²) in [6.07, 6.45) is -4.05. The molecule has 0 radical (unpaired) electrons. The van der Waals surface area contributed by atoms with Crippen LogP contribution >= 0.6 is 0 Å². The van der Waals surface area contributed by atoms with Crippen LogP contribution in [0.2, 0.25) is 0 Å². The normalized spacial score (nSPS) is 11.5. The molecule has 9 heteroatoms. The van der Waals surface area contributed by atoms with Gasteiger partial charge in [0.1, 0.15) is 6.54 Å². The lowest BCUT2D eigenvalue weighted by Gasteiger charge is -2.19. The first-order valence-electron chi connectivity index (χ1n) is 8.24. The van der Waals surface area contributed by atoms with Gasteiger partial charge in [0, 0.05) is 24.7 Å². The number of halogens is 3. The van der Waals surface area contributed by atoms with Crippen LogP contribution in [0, 0.1) is 0 Å². The molecule has 0 aliphatic rings. The third-order valence-corrected chi connectivity index (χ3v) is 4.23. The molecule has 146 valence electrons. The second-order valence-electron chi connectivity index (χ2n) is 5.79. The van der Waals surface area contributed by atoms with Gasteiger partial charge in [-0.05, 0) is 26.0 Å². The zero-order valence-electron chi connectivity index (χ0n) is 15.1. The summed E-state index contributed by atoms with van der Waals surface area (Å²) in [6.45, 7) is 4.19. The average molecular weight is 384 g/mol. The predicted octanol–water partition coefficient (Wildman–Crippen LogP) is 3.04. The van der Waals surface area contributed by atoms with Gasteiger partial charge in [0.25, 0.3) is 5.78 Å². The van der Waals surface area contributed by atoms with E-state index in [1.54, 1.807) is 13.8 Å². The highest BCUT2D eigenvalue weighted by Gasteiger charge is 2.41. The topological polar surface area (TPSA) is 68.6 Å². The number of Topliss-reactive ketones (excluding diaryl/α,β-unsaturated/α-hetero) is 1. The van der Waals surface area contributed by atoms with Crippen molar-refractivity contribution in [2.45, 2.75) is 26.6 Å². The van der Waals surface area contributed by atoms with Crippen LogP contribution in [-0.2, 0) is 16.1 Å². The van der Waals surface area contributed by atoms with E-state index in [-0.39, 0.29) is 28.9 Å². The number of ketones is 1. The van der Waals surface area contributed by atoms with Crippen molar-refractivity contribution in [3.63, 3.8) is 0 Å². The van der Waals surface area contributed by atoms with Crippen molar-refractivity contribution in [1.82, 2.24) is 9.47 Å². The Kier molecular flexibility index (Phi) is 5.92. The largest absolute Gasteiger partial charge is 0.465 e. The van der Waals surface area contributed by atoms with Crippen LogP contribution < -0.4 is 0 Å². The van der Waals surface area contributed by atoms with Crippen molar-refractivity contribution in [3.8, 4) is 0 Å². The highest BCUT2D eigenvalue weighted by molar-refractivity contribution is 6.11. The molecule has 0 saturated heterocycles. The Bertz CT molecular complexity index is 883. The van der Waals surface area contributed by atoms with Crippen molar-refractivity contribution >= 4 is 28.6 Å². The molecule has 2 aromatic rings. The van der Waals surface area contributed by atoms with E-state index in [0.29, 0.717) is 13.1 Å². The minimum absolute atomic E-state index is 0.0114. The van der Waals surface area contributed by atoms with Crippen molar-refractivity contribution in [3.05, 3.63) is 35.5 Å². The second kappa shape index (κ2) is 7.81. The Balaban J connectivity index is 2.61. The summed E-state index contributed by atoms with van der Waals surface area (Å²) in [5, 5.41) is 0.0114. The van der Waals surface area contributed by atoms with Gasteiger partial charge in [-0.25, -0.2) is 4.79 Å². The molecule has 1 aromatic heterocycles. The van der Waals surface area contributed by atoms with Crippen molar-refractivity contribution < 1.29 is 32.3 Å². The van der Waals surface area contributed by atoms with Gasteiger partial charge in [-0.1, -0.05) is 6.07 Å².